The van der Waals surface area contributed by atoms with E-state index in [0.29, 0.717) is 18.8 Å². The van der Waals surface area contributed by atoms with Crippen molar-refractivity contribution < 1.29 is 9.59 Å². The van der Waals surface area contributed by atoms with Gasteiger partial charge in [0.2, 0.25) is 11.8 Å². The summed E-state index contributed by atoms with van der Waals surface area (Å²) in [7, 11) is 0. The molecule has 1 unspecified atom stereocenters. The quantitative estimate of drug-likeness (QED) is 0.849. The lowest BCUT2D eigenvalue weighted by molar-refractivity contribution is -0.145. The fourth-order valence-electron chi connectivity index (χ4n) is 3.12. The topological polar surface area (TPSA) is 37.4 Å². The lowest BCUT2D eigenvalue weighted by Gasteiger charge is -2.31. The Balaban J connectivity index is 2.15. The first-order valence-electron chi connectivity index (χ1n) is 7.73. The minimum Gasteiger partial charge on any atom is -0.279 e. The lowest BCUT2D eigenvalue weighted by atomic mass is 9.81. The third-order valence-electron chi connectivity index (χ3n) is 4.44. The zero-order valence-electron chi connectivity index (χ0n) is 13.4. The fourth-order valence-corrected chi connectivity index (χ4v) is 3.12. The number of likely N-dealkylation sites (tertiary alicyclic amines) is 1. The van der Waals surface area contributed by atoms with Crippen molar-refractivity contribution in [3.05, 3.63) is 35.9 Å². The van der Waals surface area contributed by atoms with Gasteiger partial charge in [-0.1, -0.05) is 58.0 Å². The summed E-state index contributed by atoms with van der Waals surface area (Å²) >= 11 is 0. The number of benzene rings is 1. The molecule has 1 heterocycles. The van der Waals surface area contributed by atoms with E-state index in [-0.39, 0.29) is 23.3 Å². The molecule has 1 aliphatic heterocycles. The monoisotopic (exact) mass is 287 g/mol. The van der Waals surface area contributed by atoms with Crippen molar-refractivity contribution in [2.75, 3.05) is 0 Å². The summed E-state index contributed by atoms with van der Waals surface area (Å²) in [6.45, 7) is 8.27. The number of nitrogens with zero attached hydrogens (tertiary/aromatic N) is 1. The molecule has 21 heavy (non-hydrogen) atoms. The summed E-state index contributed by atoms with van der Waals surface area (Å²) in [6.07, 6.45) is 1.67. The normalized spacial score (nSPS) is 19.4. The van der Waals surface area contributed by atoms with Crippen molar-refractivity contribution in [3.8, 4) is 0 Å². The maximum atomic E-state index is 12.7. The van der Waals surface area contributed by atoms with Crippen molar-refractivity contribution in [2.45, 2.75) is 58.4 Å². The second kappa shape index (κ2) is 6.00. The number of carbonyl (C=O) groups excluding carboxylic acids is 2. The predicted octanol–water partition coefficient (Wildman–Crippen LogP) is 3.53. The van der Waals surface area contributed by atoms with Gasteiger partial charge in [0.1, 0.15) is 0 Å². The fraction of sp³-hybridized carbons (Fsp3) is 0.556. The molecule has 1 fully saturated rings. The molecule has 1 atom stereocenters. The van der Waals surface area contributed by atoms with Crippen LogP contribution < -0.4 is 0 Å². The zero-order valence-corrected chi connectivity index (χ0v) is 13.4. The van der Waals surface area contributed by atoms with E-state index in [1.165, 1.54) is 4.90 Å². The first-order valence-corrected chi connectivity index (χ1v) is 7.73. The Morgan fingerprint density at radius 2 is 1.90 bits per heavy atom. The van der Waals surface area contributed by atoms with Gasteiger partial charge in [0, 0.05) is 18.9 Å². The molecule has 0 radical (unpaired) electrons. The molecule has 2 amide bonds. The van der Waals surface area contributed by atoms with Gasteiger partial charge in [0.15, 0.2) is 0 Å². The van der Waals surface area contributed by atoms with E-state index < -0.39 is 0 Å². The summed E-state index contributed by atoms with van der Waals surface area (Å²) in [5.74, 6) is 0.271. The third-order valence-corrected chi connectivity index (χ3v) is 4.44. The first kappa shape index (κ1) is 15.7. The van der Waals surface area contributed by atoms with Crippen LogP contribution in [0, 0.1) is 5.92 Å². The van der Waals surface area contributed by atoms with Crippen LogP contribution >= 0.6 is 0 Å². The van der Waals surface area contributed by atoms with Crippen molar-refractivity contribution in [1.82, 2.24) is 4.90 Å². The van der Waals surface area contributed by atoms with E-state index in [4.69, 9.17) is 0 Å². The molecule has 114 valence electrons. The largest absolute Gasteiger partial charge is 0.279 e. The molecule has 1 aromatic carbocycles. The van der Waals surface area contributed by atoms with Gasteiger partial charge in [-0.05, 0) is 23.3 Å². The smallest absolute Gasteiger partial charge is 0.230 e. The Hall–Kier alpha value is -1.64. The highest BCUT2D eigenvalue weighted by molar-refractivity contribution is 5.97. The Morgan fingerprint density at radius 1 is 1.29 bits per heavy atom. The van der Waals surface area contributed by atoms with Crippen LogP contribution in [0.15, 0.2) is 30.3 Å². The highest BCUT2D eigenvalue weighted by Crippen LogP contribution is 2.31. The molecule has 0 aliphatic carbocycles. The minimum absolute atomic E-state index is 0.0115. The van der Waals surface area contributed by atoms with Crippen molar-refractivity contribution >= 4 is 11.8 Å². The van der Waals surface area contributed by atoms with Gasteiger partial charge in [-0.25, -0.2) is 0 Å². The van der Waals surface area contributed by atoms with E-state index in [0.717, 1.165) is 12.0 Å². The summed E-state index contributed by atoms with van der Waals surface area (Å²) in [5.41, 5.74) is 0.869. The number of rotatable bonds is 4. The Morgan fingerprint density at radius 3 is 2.48 bits per heavy atom. The lowest BCUT2D eigenvalue weighted by Crippen LogP contribution is -2.43. The number of amides is 2. The van der Waals surface area contributed by atoms with Gasteiger partial charge < -0.3 is 0 Å². The van der Waals surface area contributed by atoms with Crippen LogP contribution in [0.1, 0.15) is 52.5 Å². The second-order valence-electron chi connectivity index (χ2n) is 6.93. The molecule has 2 rings (SSSR count). The van der Waals surface area contributed by atoms with Crippen LogP contribution in [-0.2, 0) is 15.0 Å². The van der Waals surface area contributed by atoms with Crippen molar-refractivity contribution in [1.29, 1.82) is 0 Å². The van der Waals surface area contributed by atoms with Gasteiger partial charge in [0.05, 0.1) is 0 Å². The van der Waals surface area contributed by atoms with Crippen LogP contribution in [0.3, 0.4) is 0 Å². The van der Waals surface area contributed by atoms with E-state index in [1.54, 1.807) is 0 Å². The molecule has 1 saturated heterocycles. The second-order valence-corrected chi connectivity index (χ2v) is 6.93. The molecule has 0 aromatic heterocycles. The van der Waals surface area contributed by atoms with Crippen molar-refractivity contribution in [2.24, 2.45) is 5.92 Å². The SMILES string of the molecule is CC(C)C1CCC(=O)N1C(=O)CC(C)(C)c1ccccc1. The van der Waals surface area contributed by atoms with E-state index in [1.807, 2.05) is 30.3 Å². The van der Waals surface area contributed by atoms with Crippen LogP contribution in [0.4, 0.5) is 0 Å². The van der Waals surface area contributed by atoms with Crippen molar-refractivity contribution in [3.63, 3.8) is 0 Å². The maximum absolute atomic E-state index is 12.7. The molecular formula is C18H25NO2. The zero-order chi connectivity index (χ0) is 15.6. The van der Waals surface area contributed by atoms with E-state index in [9.17, 15) is 9.59 Å². The molecular weight excluding hydrogens is 262 g/mol. The van der Waals surface area contributed by atoms with Crippen LogP contribution in [0.2, 0.25) is 0 Å². The Kier molecular flexibility index (Phi) is 4.50. The van der Waals surface area contributed by atoms with Gasteiger partial charge in [-0.2, -0.15) is 0 Å². The highest BCUT2D eigenvalue weighted by Gasteiger charge is 2.39. The number of imide groups is 1. The van der Waals surface area contributed by atoms with E-state index >= 15 is 0 Å². The summed E-state index contributed by atoms with van der Waals surface area (Å²) in [6, 6.07) is 10.1. The molecule has 0 bridgehead atoms. The maximum Gasteiger partial charge on any atom is 0.230 e. The van der Waals surface area contributed by atoms with Gasteiger partial charge in [-0.15, -0.1) is 0 Å². The summed E-state index contributed by atoms with van der Waals surface area (Å²) in [4.78, 5) is 26.2. The number of hydrogen-bond donors (Lipinski definition) is 0. The van der Waals surface area contributed by atoms with Gasteiger partial charge >= 0.3 is 0 Å². The van der Waals surface area contributed by atoms with Crippen LogP contribution in [0.5, 0.6) is 0 Å². The molecule has 1 aromatic rings. The summed E-state index contributed by atoms with van der Waals surface area (Å²) < 4.78 is 0. The molecule has 3 heteroatoms. The van der Waals surface area contributed by atoms with Crippen LogP contribution in [0.25, 0.3) is 0 Å². The molecule has 0 N–H and O–H groups in total. The third kappa shape index (κ3) is 3.34. The number of carbonyl (C=O) groups is 2. The Bertz CT molecular complexity index is 519. The highest BCUT2D eigenvalue weighted by atomic mass is 16.2. The van der Waals surface area contributed by atoms with Gasteiger partial charge in [-0.3, -0.25) is 14.5 Å². The standard InChI is InChI=1S/C18H25NO2/c1-13(2)15-10-11-16(20)19(15)17(21)12-18(3,4)14-8-6-5-7-9-14/h5-9,13,15H,10-12H2,1-4H3. The molecule has 0 spiro atoms. The average Bonchev–Trinajstić information content (AvgIpc) is 2.81. The molecule has 0 saturated carbocycles. The van der Waals surface area contributed by atoms with E-state index in [2.05, 4.69) is 27.7 Å². The summed E-state index contributed by atoms with van der Waals surface area (Å²) in [5, 5.41) is 0. The molecule has 3 nitrogen and oxygen atoms in total. The number of hydrogen-bond acceptors (Lipinski definition) is 2. The first-order chi connectivity index (χ1) is 9.83. The molecule has 1 aliphatic rings. The predicted molar refractivity (Wildman–Crippen MR) is 83.8 cm³/mol. The van der Waals surface area contributed by atoms with Crippen LogP contribution in [-0.4, -0.2) is 22.8 Å². The average molecular weight is 287 g/mol. The Labute approximate surface area is 127 Å². The minimum atomic E-state index is -0.261. The van der Waals surface area contributed by atoms with Gasteiger partial charge in [0.25, 0.3) is 0 Å².